The highest BCUT2D eigenvalue weighted by atomic mass is 16.5. The number of aromatic nitrogens is 1. The van der Waals surface area contributed by atoms with Crippen LogP contribution in [-0.4, -0.2) is 34.5 Å². The molecule has 1 N–H and O–H groups in total. The summed E-state index contributed by atoms with van der Waals surface area (Å²) in [4.78, 5) is 26.6. The van der Waals surface area contributed by atoms with E-state index in [1.165, 1.54) is 5.56 Å². The topological polar surface area (TPSA) is 75.4 Å². The molecule has 26 heavy (non-hydrogen) atoms. The van der Waals surface area contributed by atoms with Gasteiger partial charge in [0, 0.05) is 17.7 Å². The number of hydrogen-bond acceptors (Lipinski definition) is 4. The molecule has 0 unspecified atom stereocenters. The van der Waals surface area contributed by atoms with Gasteiger partial charge in [-0.1, -0.05) is 30.6 Å². The Balaban J connectivity index is 2.03. The standard InChI is InChI=1S/C20H27N3O3/c1-5-6-7-16-8-10-17(11-9-16)20(25)23(14(2)3)13-19(24)21-18-12-15(4)26-22-18/h8-12,14H,5-7,13H2,1-4H3,(H,21,22,24). The van der Waals surface area contributed by atoms with E-state index in [-0.39, 0.29) is 24.4 Å². The Morgan fingerprint density at radius 3 is 2.46 bits per heavy atom. The monoisotopic (exact) mass is 357 g/mol. The Morgan fingerprint density at radius 2 is 1.92 bits per heavy atom. The van der Waals surface area contributed by atoms with Gasteiger partial charge in [-0.25, -0.2) is 0 Å². The molecule has 2 aromatic rings. The molecule has 0 bridgehead atoms. The van der Waals surface area contributed by atoms with Crippen LogP contribution in [0.4, 0.5) is 5.82 Å². The number of amides is 2. The number of benzene rings is 1. The quantitative estimate of drug-likeness (QED) is 0.779. The molecule has 2 rings (SSSR count). The molecule has 0 saturated heterocycles. The fraction of sp³-hybridized carbons (Fsp3) is 0.450. The van der Waals surface area contributed by atoms with Gasteiger partial charge < -0.3 is 14.7 Å². The normalized spacial score (nSPS) is 10.8. The van der Waals surface area contributed by atoms with Gasteiger partial charge in [0.2, 0.25) is 5.91 Å². The van der Waals surface area contributed by atoms with Crippen molar-refractivity contribution in [2.24, 2.45) is 0 Å². The maximum atomic E-state index is 12.8. The number of hydrogen-bond donors (Lipinski definition) is 1. The van der Waals surface area contributed by atoms with E-state index in [1.54, 1.807) is 17.9 Å². The van der Waals surface area contributed by atoms with Gasteiger partial charge in [-0.3, -0.25) is 9.59 Å². The zero-order valence-electron chi connectivity index (χ0n) is 15.9. The summed E-state index contributed by atoms with van der Waals surface area (Å²) in [5.41, 5.74) is 1.81. The van der Waals surface area contributed by atoms with Crippen molar-refractivity contribution in [1.82, 2.24) is 10.1 Å². The minimum Gasteiger partial charge on any atom is -0.360 e. The number of aryl methyl sites for hydroxylation is 2. The van der Waals surface area contributed by atoms with Crippen LogP contribution in [0, 0.1) is 6.92 Å². The van der Waals surface area contributed by atoms with Gasteiger partial charge in [0.1, 0.15) is 12.3 Å². The molecule has 0 atom stereocenters. The van der Waals surface area contributed by atoms with Gasteiger partial charge in [0.25, 0.3) is 5.91 Å². The van der Waals surface area contributed by atoms with Crippen LogP contribution in [0.2, 0.25) is 0 Å². The van der Waals surface area contributed by atoms with Crippen molar-refractivity contribution in [3.63, 3.8) is 0 Å². The lowest BCUT2D eigenvalue weighted by Gasteiger charge is -2.26. The molecule has 0 aliphatic rings. The van der Waals surface area contributed by atoms with E-state index in [1.807, 2.05) is 38.1 Å². The van der Waals surface area contributed by atoms with Crippen LogP contribution in [0.5, 0.6) is 0 Å². The third kappa shape index (κ3) is 5.44. The molecular formula is C20H27N3O3. The number of nitrogens with one attached hydrogen (secondary N) is 1. The van der Waals surface area contributed by atoms with Crippen molar-refractivity contribution >= 4 is 17.6 Å². The van der Waals surface area contributed by atoms with Crippen molar-refractivity contribution in [1.29, 1.82) is 0 Å². The third-order valence-corrected chi connectivity index (χ3v) is 4.11. The SMILES string of the molecule is CCCCc1ccc(C(=O)N(CC(=O)Nc2cc(C)on2)C(C)C)cc1. The maximum absolute atomic E-state index is 12.8. The summed E-state index contributed by atoms with van der Waals surface area (Å²) in [5.74, 6) is 0.498. The zero-order valence-corrected chi connectivity index (χ0v) is 15.9. The molecule has 1 heterocycles. The lowest BCUT2D eigenvalue weighted by Crippen LogP contribution is -2.42. The average molecular weight is 357 g/mol. The van der Waals surface area contributed by atoms with Gasteiger partial charge in [0.15, 0.2) is 5.82 Å². The van der Waals surface area contributed by atoms with Crippen LogP contribution in [0.3, 0.4) is 0 Å². The molecule has 0 aliphatic heterocycles. The minimum atomic E-state index is -0.306. The van der Waals surface area contributed by atoms with Crippen LogP contribution < -0.4 is 5.32 Å². The molecule has 0 radical (unpaired) electrons. The summed E-state index contributed by atoms with van der Waals surface area (Å²) in [6.45, 7) is 7.64. The molecule has 0 fully saturated rings. The predicted octanol–water partition coefficient (Wildman–Crippen LogP) is 3.81. The summed E-state index contributed by atoms with van der Waals surface area (Å²) in [5, 5.41) is 6.38. The summed E-state index contributed by atoms with van der Waals surface area (Å²) in [6, 6.07) is 9.17. The Hall–Kier alpha value is -2.63. The first-order chi connectivity index (χ1) is 12.4. The van der Waals surface area contributed by atoms with E-state index in [9.17, 15) is 9.59 Å². The molecule has 0 aliphatic carbocycles. The van der Waals surface area contributed by atoms with Crippen molar-refractivity contribution in [2.45, 2.75) is 53.0 Å². The largest absolute Gasteiger partial charge is 0.360 e. The highest BCUT2D eigenvalue weighted by Gasteiger charge is 2.22. The predicted molar refractivity (Wildman–Crippen MR) is 101 cm³/mol. The molecule has 0 saturated carbocycles. The maximum Gasteiger partial charge on any atom is 0.254 e. The van der Waals surface area contributed by atoms with Gasteiger partial charge in [-0.15, -0.1) is 0 Å². The number of anilines is 1. The van der Waals surface area contributed by atoms with Gasteiger partial charge in [0.05, 0.1) is 0 Å². The van der Waals surface area contributed by atoms with Gasteiger partial charge >= 0.3 is 0 Å². The molecule has 0 spiro atoms. The summed E-state index contributed by atoms with van der Waals surface area (Å²) < 4.78 is 4.93. The minimum absolute atomic E-state index is 0.0417. The van der Waals surface area contributed by atoms with E-state index < -0.39 is 0 Å². The second-order valence-electron chi connectivity index (χ2n) is 6.70. The van der Waals surface area contributed by atoms with Crippen molar-refractivity contribution in [3.05, 3.63) is 47.2 Å². The van der Waals surface area contributed by atoms with Crippen molar-refractivity contribution in [3.8, 4) is 0 Å². The molecule has 2 amide bonds. The van der Waals surface area contributed by atoms with E-state index >= 15 is 0 Å². The summed E-state index contributed by atoms with van der Waals surface area (Å²) in [6.07, 6.45) is 3.29. The van der Waals surface area contributed by atoms with E-state index in [4.69, 9.17) is 4.52 Å². The van der Waals surface area contributed by atoms with Crippen LogP contribution in [-0.2, 0) is 11.2 Å². The smallest absolute Gasteiger partial charge is 0.254 e. The highest BCUT2D eigenvalue weighted by Crippen LogP contribution is 2.13. The fourth-order valence-electron chi connectivity index (χ4n) is 2.61. The molecular weight excluding hydrogens is 330 g/mol. The number of rotatable bonds is 8. The average Bonchev–Trinajstić information content (AvgIpc) is 3.02. The first-order valence-electron chi connectivity index (χ1n) is 9.03. The number of carbonyl (C=O) groups is 2. The lowest BCUT2D eigenvalue weighted by atomic mass is 10.1. The first kappa shape index (κ1) is 19.7. The molecule has 6 nitrogen and oxygen atoms in total. The fourth-order valence-corrected chi connectivity index (χ4v) is 2.61. The number of carbonyl (C=O) groups excluding carboxylic acids is 2. The Kier molecular flexibility index (Phi) is 6.95. The van der Waals surface area contributed by atoms with Crippen LogP contribution in [0.15, 0.2) is 34.9 Å². The second kappa shape index (κ2) is 9.17. The van der Waals surface area contributed by atoms with E-state index in [0.717, 1.165) is 19.3 Å². The lowest BCUT2D eigenvalue weighted by molar-refractivity contribution is -0.117. The third-order valence-electron chi connectivity index (χ3n) is 4.11. The van der Waals surface area contributed by atoms with Gasteiger partial charge in [-0.2, -0.15) is 0 Å². The number of unbranched alkanes of at least 4 members (excludes halogenated alkanes) is 1. The Bertz CT molecular complexity index is 735. The zero-order chi connectivity index (χ0) is 19.1. The molecule has 140 valence electrons. The molecule has 6 heteroatoms. The van der Waals surface area contributed by atoms with E-state index in [2.05, 4.69) is 17.4 Å². The van der Waals surface area contributed by atoms with Crippen LogP contribution in [0.25, 0.3) is 0 Å². The molecule has 1 aromatic heterocycles. The highest BCUT2D eigenvalue weighted by molar-refractivity contribution is 5.99. The number of nitrogens with zero attached hydrogens (tertiary/aromatic N) is 2. The summed E-state index contributed by atoms with van der Waals surface area (Å²) >= 11 is 0. The Morgan fingerprint density at radius 1 is 1.23 bits per heavy atom. The first-order valence-corrected chi connectivity index (χ1v) is 9.03. The molecule has 1 aromatic carbocycles. The Labute approximate surface area is 154 Å². The van der Waals surface area contributed by atoms with E-state index in [0.29, 0.717) is 17.1 Å². The van der Waals surface area contributed by atoms with Crippen molar-refractivity contribution < 1.29 is 14.1 Å². The summed E-state index contributed by atoms with van der Waals surface area (Å²) in [7, 11) is 0. The van der Waals surface area contributed by atoms with Gasteiger partial charge in [-0.05, 0) is 51.3 Å². The van der Waals surface area contributed by atoms with Crippen LogP contribution in [0.1, 0.15) is 55.3 Å². The van der Waals surface area contributed by atoms with Crippen LogP contribution >= 0.6 is 0 Å². The second-order valence-corrected chi connectivity index (χ2v) is 6.70. The van der Waals surface area contributed by atoms with Crippen molar-refractivity contribution in [2.75, 3.05) is 11.9 Å².